The van der Waals surface area contributed by atoms with Crippen molar-refractivity contribution >= 4 is 29.9 Å². The monoisotopic (exact) mass is 493 g/mol. The summed E-state index contributed by atoms with van der Waals surface area (Å²) in [5, 5.41) is 7.16. The molecule has 8 nitrogen and oxygen atoms in total. The van der Waals surface area contributed by atoms with Gasteiger partial charge >= 0.3 is 0 Å². The Morgan fingerprint density at radius 1 is 1.30 bits per heavy atom. The molecule has 0 saturated carbocycles. The minimum atomic E-state index is 0. The summed E-state index contributed by atoms with van der Waals surface area (Å²) in [4.78, 5) is 11.1. The number of aryl methyl sites for hydroxylation is 1. The predicted molar refractivity (Wildman–Crippen MR) is 113 cm³/mol. The Hall–Kier alpha value is -0.940. The molecule has 2 saturated heterocycles. The third-order valence-electron chi connectivity index (χ3n) is 4.80. The van der Waals surface area contributed by atoms with Crippen LogP contribution in [-0.2, 0) is 16.0 Å². The quantitative estimate of drug-likeness (QED) is 0.371. The molecule has 0 bridgehead atoms. The Balaban J connectivity index is 0.00000261. The van der Waals surface area contributed by atoms with Crippen LogP contribution in [0.3, 0.4) is 0 Å². The molecule has 2 aliphatic rings. The molecule has 3 rings (SSSR count). The van der Waals surface area contributed by atoms with Gasteiger partial charge < -0.3 is 24.2 Å². The van der Waals surface area contributed by atoms with Gasteiger partial charge in [0.05, 0.1) is 18.8 Å². The average Bonchev–Trinajstić information content (AvgIpc) is 3.10. The van der Waals surface area contributed by atoms with E-state index >= 15 is 0 Å². The van der Waals surface area contributed by atoms with Crippen LogP contribution in [0.4, 0.5) is 0 Å². The molecule has 1 aromatic rings. The number of ether oxygens (including phenoxy) is 2. The molecule has 0 aliphatic carbocycles. The lowest BCUT2D eigenvalue weighted by Gasteiger charge is -2.35. The van der Waals surface area contributed by atoms with Gasteiger partial charge in [-0.3, -0.25) is 0 Å². The Morgan fingerprint density at radius 2 is 2.11 bits per heavy atom. The van der Waals surface area contributed by atoms with Crippen molar-refractivity contribution in [1.29, 1.82) is 0 Å². The van der Waals surface area contributed by atoms with Crippen molar-refractivity contribution < 1.29 is 14.0 Å². The summed E-state index contributed by atoms with van der Waals surface area (Å²) in [5.41, 5.74) is 0. The first-order chi connectivity index (χ1) is 12.7. The molecule has 0 amide bonds. The van der Waals surface area contributed by atoms with E-state index in [1.54, 1.807) is 0 Å². The molecule has 9 heteroatoms. The minimum absolute atomic E-state index is 0. The van der Waals surface area contributed by atoms with E-state index in [9.17, 15) is 0 Å². The number of piperidine rings is 1. The molecule has 1 unspecified atom stereocenters. The number of aromatic nitrogens is 2. The van der Waals surface area contributed by atoms with Gasteiger partial charge in [-0.05, 0) is 46.0 Å². The zero-order chi connectivity index (χ0) is 18.2. The molecule has 0 radical (unpaired) electrons. The van der Waals surface area contributed by atoms with Crippen molar-refractivity contribution in [3.8, 4) is 0 Å². The van der Waals surface area contributed by atoms with Gasteiger partial charge in [-0.1, -0.05) is 5.16 Å². The summed E-state index contributed by atoms with van der Waals surface area (Å²) < 4.78 is 17.0. The smallest absolute Gasteiger partial charge is 0.248 e. The Morgan fingerprint density at radius 3 is 2.74 bits per heavy atom. The first-order valence-electron chi connectivity index (χ1n) is 9.80. The van der Waals surface area contributed by atoms with Crippen molar-refractivity contribution in [2.45, 2.75) is 64.7 Å². The predicted octanol–water partition coefficient (Wildman–Crippen LogP) is 2.51. The highest BCUT2D eigenvalue weighted by molar-refractivity contribution is 14.0. The van der Waals surface area contributed by atoms with E-state index in [1.807, 2.05) is 6.92 Å². The zero-order valence-electron chi connectivity index (χ0n) is 16.4. The fraction of sp³-hybridized carbons (Fsp3) is 0.833. The van der Waals surface area contributed by atoms with Crippen LogP contribution in [0.15, 0.2) is 9.52 Å². The first kappa shape index (κ1) is 22.4. The lowest BCUT2D eigenvalue weighted by Crippen LogP contribution is -2.47. The van der Waals surface area contributed by atoms with E-state index in [-0.39, 0.29) is 24.0 Å². The third kappa shape index (κ3) is 7.19. The topological polar surface area (TPSA) is 85.0 Å². The molecule has 0 aromatic carbocycles. The maximum absolute atomic E-state index is 6.10. The van der Waals surface area contributed by atoms with Gasteiger partial charge in [-0.2, -0.15) is 4.98 Å². The van der Waals surface area contributed by atoms with Gasteiger partial charge in [-0.25, -0.2) is 4.99 Å². The van der Waals surface area contributed by atoms with E-state index in [0.717, 1.165) is 58.1 Å². The lowest BCUT2D eigenvalue weighted by atomic mass is 10.1. The molecule has 1 atom stereocenters. The first-order valence-corrected chi connectivity index (χ1v) is 9.80. The van der Waals surface area contributed by atoms with E-state index in [1.165, 1.54) is 12.8 Å². The summed E-state index contributed by atoms with van der Waals surface area (Å²) in [5.74, 6) is 2.08. The molecular formula is C18H32IN5O3. The van der Waals surface area contributed by atoms with Gasteiger partial charge in [0.25, 0.3) is 0 Å². The van der Waals surface area contributed by atoms with Crippen LogP contribution in [0, 0.1) is 6.92 Å². The number of nitrogens with zero attached hydrogens (tertiary/aromatic N) is 4. The van der Waals surface area contributed by atoms with Gasteiger partial charge in [0.1, 0.15) is 6.54 Å². The fourth-order valence-corrected chi connectivity index (χ4v) is 3.39. The molecule has 0 spiro atoms. The largest absolute Gasteiger partial charge is 0.376 e. The summed E-state index contributed by atoms with van der Waals surface area (Å²) in [6, 6.07) is 0. The molecule has 154 valence electrons. The molecule has 27 heavy (non-hydrogen) atoms. The molecule has 1 N–H and O–H groups in total. The van der Waals surface area contributed by atoms with Crippen molar-refractivity contribution in [3.63, 3.8) is 0 Å². The second kappa shape index (κ2) is 11.8. The second-order valence-electron chi connectivity index (χ2n) is 6.91. The van der Waals surface area contributed by atoms with Crippen LogP contribution in [0.25, 0.3) is 0 Å². The van der Waals surface area contributed by atoms with E-state index < -0.39 is 0 Å². The minimum Gasteiger partial charge on any atom is -0.376 e. The highest BCUT2D eigenvalue weighted by atomic mass is 127. The maximum atomic E-state index is 6.10. The number of rotatable bonds is 6. The van der Waals surface area contributed by atoms with Crippen LogP contribution >= 0.6 is 24.0 Å². The number of hydrogen-bond acceptors (Lipinski definition) is 6. The van der Waals surface area contributed by atoms with Crippen molar-refractivity contribution in [3.05, 3.63) is 11.7 Å². The number of nitrogens with one attached hydrogen (secondary N) is 1. The molecular weight excluding hydrogens is 461 g/mol. The second-order valence-corrected chi connectivity index (χ2v) is 6.91. The van der Waals surface area contributed by atoms with E-state index in [2.05, 4.69) is 32.3 Å². The highest BCUT2D eigenvalue weighted by Crippen LogP contribution is 2.18. The lowest BCUT2D eigenvalue weighted by molar-refractivity contribution is -0.0721. The van der Waals surface area contributed by atoms with Crippen LogP contribution in [0.1, 0.15) is 50.7 Å². The molecule has 3 heterocycles. The summed E-state index contributed by atoms with van der Waals surface area (Å²) >= 11 is 0. The molecule has 2 aliphatic heterocycles. The molecule has 1 aromatic heterocycles. The van der Waals surface area contributed by atoms with Crippen molar-refractivity contribution in [1.82, 2.24) is 20.4 Å². The fourth-order valence-electron chi connectivity index (χ4n) is 3.39. The Labute approximate surface area is 178 Å². The van der Waals surface area contributed by atoms with Crippen LogP contribution in [0.2, 0.25) is 0 Å². The number of likely N-dealkylation sites (tertiary alicyclic amines) is 1. The Kier molecular flexibility index (Phi) is 9.77. The van der Waals surface area contributed by atoms with Gasteiger partial charge in [-0.15, -0.1) is 24.0 Å². The standard InChI is InChI=1S/C18H31N5O3.HI/c1-3-19-18(20-12-17-21-14(2)22-26-17)23-9-7-15(8-10-23)25-13-16-6-4-5-11-24-16;/h15-16H,3-13H2,1-2H3,(H,19,20);1H. The number of hydrogen-bond donors (Lipinski definition) is 1. The SMILES string of the molecule is CCNC(=NCc1nc(C)no1)N1CCC(OCC2CCCCO2)CC1.I. The van der Waals surface area contributed by atoms with Crippen molar-refractivity contribution in [2.75, 3.05) is 32.8 Å². The number of guanidine groups is 1. The van der Waals surface area contributed by atoms with Crippen LogP contribution in [0.5, 0.6) is 0 Å². The third-order valence-corrected chi connectivity index (χ3v) is 4.80. The summed E-state index contributed by atoms with van der Waals surface area (Å²) in [7, 11) is 0. The van der Waals surface area contributed by atoms with Crippen LogP contribution in [-0.4, -0.2) is 66.1 Å². The number of aliphatic imine (C=N–C) groups is 1. The Bertz CT molecular complexity index is 569. The van der Waals surface area contributed by atoms with E-state index in [0.29, 0.717) is 30.5 Å². The zero-order valence-corrected chi connectivity index (χ0v) is 18.7. The van der Waals surface area contributed by atoms with E-state index in [4.69, 9.17) is 14.0 Å². The van der Waals surface area contributed by atoms with Gasteiger partial charge in [0, 0.05) is 26.2 Å². The normalized spacial score (nSPS) is 21.8. The summed E-state index contributed by atoms with van der Waals surface area (Å²) in [6.45, 7) is 8.60. The van der Waals surface area contributed by atoms with Crippen molar-refractivity contribution in [2.24, 2.45) is 4.99 Å². The van der Waals surface area contributed by atoms with Gasteiger partial charge in [0.15, 0.2) is 11.8 Å². The highest BCUT2D eigenvalue weighted by Gasteiger charge is 2.23. The van der Waals surface area contributed by atoms with Gasteiger partial charge in [0.2, 0.25) is 5.89 Å². The average molecular weight is 493 g/mol. The maximum Gasteiger partial charge on any atom is 0.248 e. The number of halogens is 1. The summed E-state index contributed by atoms with van der Waals surface area (Å²) in [6.07, 6.45) is 6.20. The van der Waals surface area contributed by atoms with Crippen LogP contribution < -0.4 is 5.32 Å². The molecule has 2 fully saturated rings.